The summed E-state index contributed by atoms with van der Waals surface area (Å²) in [5.41, 5.74) is 1.20. The number of carboxylic acids is 1. The number of oxazole rings is 1. The number of alkyl halides is 3. The van der Waals surface area contributed by atoms with E-state index in [2.05, 4.69) is 4.98 Å². The Labute approximate surface area is 195 Å². The van der Waals surface area contributed by atoms with Crippen LogP contribution in [0.1, 0.15) is 41.8 Å². The summed E-state index contributed by atoms with van der Waals surface area (Å²) in [4.78, 5) is 17.9. The van der Waals surface area contributed by atoms with Gasteiger partial charge in [-0.25, -0.2) is 4.98 Å². The number of aromatic nitrogens is 1. The smallest absolute Gasteiger partial charge is 0.416 e. The first-order valence-electron chi connectivity index (χ1n) is 11.0. The van der Waals surface area contributed by atoms with Crippen LogP contribution in [0.25, 0.3) is 11.5 Å². The third-order valence-corrected chi connectivity index (χ3v) is 5.91. The van der Waals surface area contributed by atoms with Gasteiger partial charge in [0.2, 0.25) is 5.89 Å². The molecule has 0 bridgehead atoms. The van der Waals surface area contributed by atoms with Crippen LogP contribution in [0.4, 0.5) is 13.2 Å². The first-order valence-corrected chi connectivity index (χ1v) is 11.0. The van der Waals surface area contributed by atoms with Gasteiger partial charge in [0.25, 0.3) is 0 Å². The van der Waals surface area contributed by atoms with E-state index in [0.29, 0.717) is 35.7 Å². The van der Waals surface area contributed by atoms with Crippen LogP contribution in [0.5, 0.6) is 5.75 Å². The fourth-order valence-electron chi connectivity index (χ4n) is 4.07. The number of piperidine rings is 1. The molecular formula is C25H25F3N2O4. The highest BCUT2D eigenvalue weighted by atomic mass is 19.4. The predicted octanol–water partition coefficient (Wildman–Crippen LogP) is 5.69. The molecular weight excluding hydrogens is 449 g/mol. The lowest BCUT2D eigenvalue weighted by Crippen LogP contribution is -2.43. The highest BCUT2D eigenvalue weighted by Gasteiger charge is 2.30. The largest absolute Gasteiger partial charge is 0.487 e. The molecule has 0 aliphatic carbocycles. The van der Waals surface area contributed by atoms with Crippen molar-refractivity contribution < 1.29 is 32.2 Å². The summed E-state index contributed by atoms with van der Waals surface area (Å²) in [6.45, 7) is 3.11. The molecule has 0 amide bonds. The Balaban J connectivity index is 1.41. The number of hydrogen-bond acceptors (Lipinski definition) is 5. The lowest BCUT2D eigenvalue weighted by Gasteiger charge is -2.32. The number of aryl methyl sites for hydroxylation is 1. The van der Waals surface area contributed by atoms with Gasteiger partial charge in [0.1, 0.15) is 29.9 Å². The van der Waals surface area contributed by atoms with E-state index in [-0.39, 0.29) is 12.5 Å². The lowest BCUT2D eigenvalue weighted by molar-refractivity contribution is -0.145. The van der Waals surface area contributed by atoms with Crippen molar-refractivity contribution in [3.8, 4) is 17.2 Å². The number of hydrogen-bond donors (Lipinski definition) is 1. The summed E-state index contributed by atoms with van der Waals surface area (Å²) in [6, 6.07) is 11.6. The Hall–Kier alpha value is -3.33. The first kappa shape index (κ1) is 23.8. The van der Waals surface area contributed by atoms with Gasteiger partial charge in [-0.2, -0.15) is 13.2 Å². The molecule has 9 heteroatoms. The summed E-state index contributed by atoms with van der Waals surface area (Å²) in [5.74, 6) is 0.560. The zero-order chi connectivity index (χ0) is 24.3. The number of aliphatic carboxylic acids is 1. The van der Waals surface area contributed by atoms with Gasteiger partial charge in [0.15, 0.2) is 0 Å². The van der Waals surface area contributed by atoms with Crippen molar-refractivity contribution in [2.24, 2.45) is 0 Å². The van der Waals surface area contributed by atoms with Crippen molar-refractivity contribution in [2.45, 2.75) is 51.6 Å². The Morgan fingerprint density at radius 3 is 2.68 bits per heavy atom. The van der Waals surface area contributed by atoms with Crippen LogP contribution in [0, 0.1) is 6.92 Å². The molecule has 1 N–H and O–H groups in total. The number of rotatable bonds is 7. The molecule has 6 nitrogen and oxygen atoms in total. The van der Waals surface area contributed by atoms with E-state index >= 15 is 0 Å². The predicted molar refractivity (Wildman–Crippen MR) is 118 cm³/mol. The molecule has 1 aliphatic heterocycles. The maximum Gasteiger partial charge on any atom is 0.416 e. The Kier molecular flexibility index (Phi) is 6.92. The Morgan fingerprint density at radius 2 is 1.97 bits per heavy atom. The van der Waals surface area contributed by atoms with E-state index in [0.717, 1.165) is 37.1 Å². The van der Waals surface area contributed by atoms with Crippen LogP contribution >= 0.6 is 0 Å². The topological polar surface area (TPSA) is 75.8 Å². The molecule has 3 aromatic rings. The minimum atomic E-state index is -4.40. The fourth-order valence-corrected chi connectivity index (χ4v) is 4.07. The number of halogens is 3. The van der Waals surface area contributed by atoms with Crippen LogP contribution in [0.15, 0.2) is 52.9 Å². The highest BCUT2D eigenvalue weighted by molar-refractivity contribution is 5.73. The molecule has 0 saturated carbocycles. The van der Waals surface area contributed by atoms with Gasteiger partial charge in [-0.15, -0.1) is 0 Å². The van der Waals surface area contributed by atoms with E-state index in [4.69, 9.17) is 9.15 Å². The fraction of sp³-hybridized carbons (Fsp3) is 0.360. The second kappa shape index (κ2) is 9.89. The summed E-state index contributed by atoms with van der Waals surface area (Å²) in [6.07, 6.45) is -1.85. The van der Waals surface area contributed by atoms with E-state index in [1.807, 2.05) is 23.1 Å². The zero-order valence-corrected chi connectivity index (χ0v) is 18.6. The SMILES string of the molecule is Cc1oc(-c2ccc(C(F)(F)F)cc2)nc1COc1cccc(CN2CCCCC2C(=O)O)c1. The van der Waals surface area contributed by atoms with E-state index in [9.17, 15) is 23.1 Å². The number of likely N-dealkylation sites (tertiary alicyclic amines) is 1. The van der Waals surface area contributed by atoms with Gasteiger partial charge in [0, 0.05) is 12.1 Å². The average molecular weight is 474 g/mol. The Bertz CT molecular complexity index is 1140. The number of ether oxygens (including phenoxy) is 1. The highest BCUT2D eigenvalue weighted by Crippen LogP contribution is 2.31. The van der Waals surface area contributed by atoms with Gasteiger partial charge >= 0.3 is 12.1 Å². The first-order chi connectivity index (χ1) is 16.2. The van der Waals surface area contributed by atoms with Crippen LogP contribution in [-0.4, -0.2) is 33.5 Å². The van der Waals surface area contributed by atoms with Gasteiger partial charge in [-0.05, 0) is 68.3 Å². The van der Waals surface area contributed by atoms with E-state index in [1.165, 1.54) is 12.1 Å². The molecule has 1 aliphatic rings. The summed E-state index contributed by atoms with van der Waals surface area (Å²) in [7, 11) is 0. The zero-order valence-electron chi connectivity index (χ0n) is 18.6. The molecule has 2 aromatic carbocycles. The molecule has 0 radical (unpaired) electrons. The van der Waals surface area contributed by atoms with Gasteiger partial charge in [-0.1, -0.05) is 18.6 Å². The number of nitrogens with zero attached hydrogens (tertiary/aromatic N) is 2. The van der Waals surface area contributed by atoms with Gasteiger partial charge < -0.3 is 14.3 Å². The van der Waals surface area contributed by atoms with Crippen molar-refractivity contribution in [3.63, 3.8) is 0 Å². The maximum absolute atomic E-state index is 12.8. The van der Waals surface area contributed by atoms with Gasteiger partial charge in [0.05, 0.1) is 5.56 Å². The minimum absolute atomic E-state index is 0.126. The molecule has 1 aromatic heterocycles. The second-order valence-corrected chi connectivity index (χ2v) is 8.35. The summed E-state index contributed by atoms with van der Waals surface area (Å²) < 4.78 is 49.9. The minimum Gasteiger partial charge on any atom is -0.487 e. The molecule has 180 valence electrons. The monoisotopic (exact) mass is 474 g/mol. The number of carboxylic acid groups (broad SMARTS) is 1. The van der Waals surface area contributed by atoms with Crippen molar-refractivity contribution in [2.75, 3.05) is 6.54 Å². The maximum atomic E-state index is 12.8. The van der Waals surface area contributed by atoms with Crippen molar-refractivity contribution in [1.82, 2.24) is 9.88 Å². The van der Waals surface area contributed by atoms with Crippen molar-refractivity contribution in [3.05, 3.63) is 71.1 Å². The van der Waals surface area contributed by atoms with Crippen LogP contribution in [-0.2, 0) is 24.1 Å². The lowest BCUT2D eigenvalue weighted by atomic mass is 10.0. The van der Waals surface area contributed by atoms with E-state index < -0.39 is 23.8 Å². The third-order valence-electron chi connectivity index (χ3n) is 5.91. The summed E-state index contributed by atoms with van der Waals surface area (Å²) >= 11 is 0. The second-order valence-electron chi connectivity index (χ2n) is 8.35. The number of carbonyl (C=O) groups is 1. The third kappa shape index (κ3) is 5.59. The number of benzene rings is 2. The molecule has 1 fully saturated rings. The molecule has 4 rings (SSSR count). The van der Waals surface area contributed by atoms with Crippen LogP contribution in [0.3, 0.4) is 0 Å². The summed E-state index contributed by atoms with van der Waals surface area (Å²) in [5, 5.41) is 9.48. The van der Waals surface area contributed by atoms with Crippen LogP contribution in [0.2, 0.25) is 0 Å². The Morgan fingerprint density at radius 1 is 1.21 bits per heavy atom. The molecule has 1 saturated heterocycles. The average Bonchev–Trinajstić information content (AvgIpc) is 3.18. The molecule has 0 spiro atoms. The quantitative estimate of drug-likeness (QED) is 0.474. The molecule has 1 atom stereocenters. The standard InChI is InChI=1S/C25H25F3N2O4/c1-16-21(29-23(34-16)18-8-10-19(11-9-18)25(26,27)28)15-33-20-6-4-5-17(13-20)14-30-12-3-2-7-22(30)24(31)32/h4-6,8-11,13,22H,2-3,7,12,14-15H2,1H3,(H,31,32). The van der Waals surface area contributed by atoms with Gasteiger partial charge in [-0.3, -0.25) is 9.69 Å². The van der Waals surface area contributed by atoms with Crippen LogP contribution < -0.4 is 4.74 Å². The molecule has 34 heavy (non-hydrogen) atoms. The molecule has 1 unspecified atom stereocenters. The van der Waals surface area contributed by atoms with Crippen molar-refractivity contribution in [1.29, 1.82) is 0 Å². The normalized spacial score (nSPS) is 17.0. The molecule has 2 heterocycles. The van der Waals surface area contributed by atoms with Crippen molar-refractivity contribution >= 4 is 5.97 Å². The van der Waals surface area contributed by atoms with E-state index in [1.54, 1.807) is 13.0 Å².